The number of carbonyl (C=O) groups is 1. The summed E-state index contributed by atoms with van der Waals surface area (Å²) in [5.74, 6) is 0.808. The van der Waals surface area contributed by atoms with Gasteiger partial charge < -0.3 is 15.4 Å². The van der Waals surface area contributed by atoms with Crippen molar-refractivity contribution in [1.29, 1.82) is 0 Å². The minimum atomic E-state index is -0.225. The predicted octanol–water partition coefficient (Wildman–Crippen LogP) is 3.81. The Kier molecular flexibility index (Phi) is 5.42. The van der Waals surface area contributed by atoms with Gasteiger partial charge in [-0.1, -0.05) is 23.8 Å². The number of hydrogen-bond acceptors (Lipinski definition) is 2. The second-order valence-electron chi connectivity index (χ2n) is 5.42. The summed E-state index contributed by atoms with van der Waals surface area (Å²) in [4.78, 5) is 11.8. The molecule has 22 heavy (non-hydrogen) atoms. The molecule has 4 nitrogen and oxygen atoms in total. The summed E-state index contributed by atoms with van der Waals surface area (Å²) in [5, 5.41) is 5.60. The maximum absolute atomic E-state index is 11.8. The van der Waals surface area contributed by atoms with Crippen molar-refractivity contribution in [2.75, 3.05) is 18.5 Å². The molecule has 0 aliphatic rings. The van der Waals surface area contributed by atoms with Gasteiger partial charge in [-0.3, -0.25) is 0 Å². The Morgan fingerprint density at radius 3 is 2.23 bits per heavy atom. The molecule has 0 fully saturated rings. The number of hydrogen-bond donors (Lipinski definition) is 2. The highest BCUT2D eigenvalue weighted by Crippen LogP contribution is 2.13. The minimum absolute atomic E-state index is 0.225. The van der Waals surface area contributed by atoms with Gasteiger partial charge in [0.1, 0.15) is 12.4 Å². The summed E-state index contributed by atoms with van der Waals surface area (Å²) in [6, 6.07) is 13.6. The normalized spacial score (nSPS) is 10.1. The monoisotopic (exact) mass is 298 g/mol. The van der Waals surface area contributed by atoms with E-state index >= 15 is 0 Å². The number of aryl methyl sites for hydroxylation is 3. The number of nitrogens with one attached hydrogen (secondary N) is 2. The average Bonchev–Trinajstić information content (AvgIpc) is 2.44. The van der Waals surface area contributed by atoms with Crippen molar-refractivity contribution in [2.24, 2.45) is 0 Å². The summed E-state index contributed by atoms with van der Waals surface area (Å²) in [6.45, 7) is 6.92. The van der Waals surface area contributed by atoms with Crippen LogP contribution in [0.3, 0.4) is 0 Å². The molecule has 0 unspecified atom stereocenters. The topological polar surface area (TPSA) is 50.4 Å². The molecule has 2 aromatic carbocycles. The first kappa shape index (κ1) is 15.9. The molecule has 0 radical (unpaired) electrons. The molecule has 2 aromatic rings. The van der Waals surface area contributed by atoms with Gasteiger partial charge in [0, 0.05) is 5.69 Å². The SMILES string of the molecule is Cc1ccc(OCCNC(=O)Nc2cc(C)cc(C)c2)cc1. The molecule has 0 aromatic heterocycles. The van der Waals surface area contributed by atoms with Crippen molar-refractivity contribution in [2.45, 2.75) is 20.8 Å². The molecule has 0 aliphatic heterocycles. The number of benzene rings is 2. The van der Waals surface area contributed by atoms with Crippen LogP contribution >= 0.6 is 0 Å². The van der Waals surface area contributed by atoms with Crippen LogP contribution in [0.1, 0.15) is 16.7 Å². The van der Waals surface area contributed by atoms with E-state index in [1.165, 1.54) is 5.56 Å². The van der Waals surface area contributed by atoms with Crippen LogP contribution in [0.4, 0.5) is 10.5 Å². The molecule has 0 aliphatic carbocycles. The number of anilines is 1. The van der Waals surface area contributed by atoms with Gasteiger partial charge in [0.15, 0.2) is 0 Å². The standard InChI is InChI=1S/C18H22N2O2/c1-13-4-6-17(7-5-13)22-9-8-19-18(21)20-16-11-14(2)10-15(3)12-16/h4-7,10-12H,8-9H2,1-3H3,(H2,19,20,21). The Hall–Kier alpha value is -2.49. The van der Waals surface area contributed by atoms with Gasteiger partial charge in [0.2, 0.25) is 0 Å². The van der Waals surface area contributed by atoms with Crippen LogP contribution < -0.4 is 15.4 Å². The highest BCUT2D eigenvalue weighted by atomic mass is 16.5. The van der Waals surface area contributed by atoms with Gasteiger partial charge in [-0.25, -0.2) is 4.79 Å². The third kappa shape index (κ3) is 5.13. The zero-order valence-electron chi connectivity index (χ0n) is 13.3. The zero-order valence-corrected chi connectivity index (χ0v) is 13.3. The molecule has 0 heterocycles. The smallest absolute Gasteiger partial charge is 0.319 e. The van der Waals surface area contributed by atoms with Gasteiger partial charge in [-0.05, 0) is 56.2 Å². The maximum Gasteiger partial charge on any atom is 0.319 e. The summed E-state index contributed by atoms with van der Waals surface area (Å²) in [5.41, 5.74) is 4.24. The van der Waals surface area contributed by atoms with Crippen LogP contribution in [0.15, 0.2) is 42.5 Å². The molecule has 2 N–H and O–H groups in total. The van der Waals surface area contributed by atoms with Gasteiger partial charge in [-0.2, -0.15) is 0 Å². The minimum Gasteiger partial charge on any atom is -0.492 e. The third-order valence-electron chi connectivity index (χ3n) is 3.16. The van der Waals surface area contributed by atoms with Crippen LogP contribution in [-0.2, 0) is 0 Å². The van der Waals surface area contributed by atoms with Gasteiger partial charge >= 0.3 is 6.03 Å². The zero-order chi connectivity index (χ0) is 15.9. The van der Waals surface area contributed by atoms with Crippen LogP contribution in [-0.4, -0.2) is 19.2 Å². The lowest BCUT2D eigenvalue weighted by Gasteiger charge is -2.10. The first-order valence-electron chi connectivity index (χ1n) is 7.35. The van der Waals surface area contributed by atoms with E-state index in [1.54, 1.807) is 0 Å². The van der Waals surface area contributed by atoms with Crippen LogP contribution in [0.25, 0.3) is 0 Å². The summed E-state index contributed by atoms with van der Waals surface area (Å²) in [7, 11) is 0. The lowest BCUT2D eigenvalue weighted by Crippen LogP contribution is -2.32. The van der Waals surface area contributed by atoms with Gasteiger partial charge in [0.05, 0.1) is 6.54 Å². The van der Waals surface area contributed by atoms with Crippen molar-refractivity contribution >= 4 is 11.7 Å². The number of carbonyl (C=O) groups excluding carboxylic acids is 1. The molecule has 0 saturated heterocycles. The number of rotatable bonds is 5. The fourth-order valence-corrected chi connectivity index (χ4v) is 2.19. The van der Waals surface area contributed by atoms with E-state index in [1.807, 2.05) is 57.2 Å². The number of amides is 2. The van der Waals surface area contributed by atoms with E-state index in [0.717, 1.165) is 22.6 Å². The first-order chi connectivity index (χ1) is 10.5. The number of ether oxygens (including phenoxy) is 1. The predicted molar refractivity (Wildman–Crippen MR) is 89.6 cm³/mol. The molecular formula is C18H22N2O2. The molecule has 2 amide bonds. The van der Waals surface area contributed by atoms with E-state index in [0.29, 0.717) is 13.2 Å². The lowest BCUT2D eigenvalue weighted by atomic mass is 10.1. The van der Waals surface area contributed by atoms with E-state index in [9.17, 15) is 4.79 Å². The van der Waals surface area contributed by atoms with E-state index in [4.69, 9.17) is 4.74 Å². The molecule has 116 valence electrons. The van der Waals surface area contributed by atoms with E-state index in [-0.39, 0.29) is 6.03 Å². The molecule has 0 bridgehead atoms. The fourth-order valence-electron chi connectivity index (χ4n) is 2.19. The Morgan fingerprint density at radius 2 is 1.59 bits per heavy atom. The summed E-state index contributed by atoms with van der Waals surface area (Å²) in [6.07, 6.45) is 0. The van der Waals surface area contributed by atoms with Crippen LogP contribution in [0, 0.1) is 20.8 Å². The summed E-state index contributed by atoms with van der Waals surface area (Å²) >= 11 is 0. The fraction of sp³-hybridized carbons (Fsp3) is 0.278. The highest BCUT2D eigenvalue weighted by molar-refractivity contribution is 5.89. The van der Waals surface area contributed by atoms with Crippen LogP contribution in [0.5, 0.6) is 5.75 Å². The molecule has 4 heteroatoms. The second-order valence-corrected chi connectivity index (χ2v) is 5.42. The van der Waals surface area contributed by atoms with Gasteiger partial charge in [-0.15, -0.1) is 0 Å². The average molecular weight is 298 g/mol. The van der Waals surface area contributed by atoms with Crippen molar-refractivity contribution < 1.29 is 9.53 Å². The van der Waals surface area contributed by atoms with Crippen molar-refractivity contribution in [3.8, 4) is 5.75 Å². The maximum atomic E-state index is 11.8. The molecule has 0 saturated carbocycles. The van der Waals surface area contributed by atoms with Crippen molar-refractivity contribution in [3.05, 3.63) is 59.2 Å². The molecule has 0 spiro atoms. The quantitative estimate of drug-likeness (QED) is 0.825. The summed E-state index contributed by atoms with van der Waals surface area (Å²) < 4.78 is 5.56. The van der Waals surface area contributed by atoms with E-state index < -0.39 is 0 Å². The highest BCUT2D eigenvalue weighted by Gasteiger charge is 2.02. The first-order valence-corrected chi connectivity index (χ1v) is 7.35. The largest absolute Gasteiger partial charge is 0.492 e. The lowest BCUT2D eigenvalue weighted by molar-refractivity contribution is 0.247. The van der Waals surface area contributed by atoms with Crippen molar-refractivity contribution in [3.63, 3.8) is 0 Å². The Labute approximate surface area is 131 Å². The van der Waals surface area contributed by atoms with E-state index in [2.05, 4.69) is 16.7 Å². The second kappa shape index (κ2) is 7.50. The molecular weight excluding hydrogens is 276 g/mol. The molecule has 0 atom stereocenters. The van der Waals surface area contributed by atoms with Gasteiger partial charge in [0.25, 0.3) is 0 Å². The number of urea groups is 1. The Balaban J connectivity index is 1.72. The molecule has 2 rings (SSSR count). The van der Waals surface area contributed by atoms with Crippen molar-refractivity contribution in [1.82, 2.24) is 5.32 Å². The Morgan fingerprint density at radius 1 is 0.955 bits per heavy atom. The Bertz CT molecular complexity index is 616. The van der Waals surface area contributed by atoms with Crippen LogP contribution in [0.2, 0.25) is 0 Å². The third-order valence-corrected chi connectivity index (χ3v) is 3.16.